The molecule has 0 aliphatic heterocycles. The van der Waals surface area contributed by atoms with E-state index in [4.69, 9.17) is 14.2 Å². The molecule has 10 heteroatoms. The minimum Gasteiger partial charge on any atom is -0.465 e. The van der Waals surface area contributed by atoms with E-state index in [1.807, 2.05) is 0 Å². The van der Waals surface area contributed by atoms with Crippen molar-refractivity contribution in [3.05, 3.63) is 34.4 Å². The van der Waals surface area contributed by atoms with Crippen molar-refractivity contribution in [2.24, 2.45) is 0 Å². The second-order valence-electron chi connectivity index (χ2n) is 6.33. The van der Waals surface area contributed by atoms with E-state index in [0.717, 1.165) is 12.8 Å². The van der Waals surface area contributed by atoms with Gasteiger partial charge in [-0.25, -0.2) is 4.79 Å². The van der Waals surface area contributed by atoms with Gasteiger partial charge >= 0.3 is 12.1 Å². The van der Waals surface area contributed by atoms with E-state index >= 15 is 0 Å². The molecule has 0 unspecified atom stereocenters. The van der Waals surface area contributed by atoms with E-state index in [1.165, 1.54) is 71.5 Å². The molecule has 0 radical (unpaired) electrons. The molecule has 168 valence electrons. The molecule has 0 atom stereocenters. The van der Waals surface area contributed by atoms with Crippen molar-refractivity contribution < 1.29 is 28.7 Å². The number of rotatable bonds is 16. The summed E-state index contributed by atoms with van der Waals surface area (Å²) in [6, 6.07) is 5.15. The molecule has 0 N–H and O–H groups in total. The molecule has 0 aliphatic rings. The first-order valence-corrected chi connectivity index (χ1v) is 12.5. The number of benzene rings is 1. The largest absolute Gasteiger partial charge is 0.513 e. The van der Waals surface area contributed by atoms with Crippen LogP contribution < -0.4 is 4.74 Å². The predicted octanol–water partition coefficient (Wildman–Crippen LogP) is 5.79. The number of carbonyl (C=O) groups is 2. The van der Waals surface area contributed by atoms with Crippen molar-refractivity contribution in [1.29, 1.82) is 0 Å². The number of non-ortho nitro benzene ring substituents is 1. The van der Waals surface area contributed by atoms with Gasteiger partial charge in [0.05, 0.1) is 4.92 Å². The van der Waals surface area contributed by atoms with E-state index in [9.17, 15) is 19.7 Å². The molecule has 0 spiro atoms. The number of nitrogens with zero attached hydrogens (tertiary/aromatic N) is 1. The molecule has 0 aromatic heterocycles. The minimum absolute atomic E-state index is 0.0859. The van der Waals surface area contributed by atoms with Gasteiger partial charge in [-0.15, -0.1) is 0 Å². The van der Waals surface area contributed by atoms with Gasteiger partial charge in [-0.05, 0) is 18.6 Å². The lowest BCUT2D eigenvalue weighted by Crippen LogP contribution is -2.12. The number of nitro benzene ring substituents is 1. The molecular weight excluding hydrogens is 430 g/mol. The summed E-state index contributed by atoms with van der Waals surface area (Å²) < 4.78 is 15.0. The summed E-state index contributed by atoms with van der Waals surface area (Å²) in [5.74, 6) is 1.26. The molecule has 0 fully saturated rings. The van der Waals surface area contributed by atoms with Crippen LogP contribution in [0.1, 0.15) is 51.9 Å². The zero-order valence-electron chi connectivity index (χ0n) is 17.2. The van der Waals surface area contributed by atoms with Gasteiger partial charge in [-0.2, -0.15) is 0 Å². The SMILES string of the molecule is CCCCCCCCC(=O)OCCSSCCOC(=O)Oc1ccc([N+](=O)[O-])cc1. The third kappa shape index (κ3) is 13.3. The molecule has 1 aromatic carbocycles. The van der Waals surface area contributed by atoms with Crippen LogP contribution >= 0.6 is 21.6 Å². The van der Waals surface area contributed by atoms with Gasteiger partial charge in [0.25, 0.3) is 5.69 Å². The van der Waals surface area contributed by atoms with Gasteiger partial charge in [0.15, 0.2) is 0 Å². The van der Waals surface area contributed by atoms with Gasteiger partial charge < -0.3 is 14.2 Å². The number of carbonyl (C=O) groups excluding carboxylic acids is 2. The number of unbranched alkanes of at least 4 members (excludes halogenated alkanes) is 5. The second kappa shape index (κ2) is 16.8. The fraction of sp³-hybridized carbons (Fsp3) is 0.600. The topological polar surface area (TPSA) is 105 Å². The molecule has 8 nitrogen and oxygen atoms in total. The van der Waals surface area contributed by atoms with Gasteiger partial charge in [0, 0.05) is 30.1 Å². The molecule has 30 heavy (non-hydrogen) atoms. The van der Waals surface area contributed by atoms with Gasteiger partial charge in [-0.1, -0.05) is 60.6 Å². The van der Waals surface area contributed by atoms with Crippen molar-refractivity contribution in [3.63, 3.8) is 0 Å². The first kappa shape index (κ1) is 26.1. The Bertz CT molecular complexity index is 641. The molecule has 0 bridgehead atoms. The predicted molar refractivity (Wildman–Crippen MR) is 119 cm³/mol. The molecule has 1 aromatic rings. The monoisotopic (exact) mass is 459 g/mol. The van der Waals surface area contributed by atoms with E-state index in [1.54, 1.807) is 0 Å². The Labute approximate surface area is 185 Å². The van der Waals surface area contributed by atoms with Gasteiger partial charge in [0.2, 0.25) is 0 Å². The van der Waals surface area contributed by atoms with Crippen LogP contribution in [-0.2, 0) is 14.3 Å². The van der Waals surface area contributed by atoms with Crippen molar-refractivity contribution in [2.75, 3.05) is 24.7 Å². The smallest absolute Gasteiger partial charge is 0.465 e. The first-order valence-electron chi connectivity index (χ1n) is 10.0. The number of hydrogen-bond donors (Lipinski definition) is 0. The summed E-state index contributed by atoms with van der Waals surface area (Å²) >= 11 is 0. The number of ether oxygens (including phenoxy) is 3. The fourth-order valence-electron chi connectivity index (χ4n) is 2.35. The van der Waals surface area contributed by atoms with Gasteiger partial charge in [0.1, 0.15) is 19.0 Å². The number of nitro groups is 1. The zero-order valence-corrected chi connectivity index (χ0v) is 18.8. The minimum atomic E-state index is -0.863. The summed E-state index contributed by atoms with van der Waals surface area (Å²) in [6.45, 7) is 2.72. The lowest BCUT2D eigenvalue weighted by molar-refractivity contribution is -0.384. The van der Waals surface area contributed by atoms with E-state index in [2.05, 4.69) is 6.92 Å². The van der Waals surface area contributed by atoms with Crippen molar-refractivity contribution in [2.45, 2.75) is 51.9 Å². The van der Waals surface area contributed by atoms with Crippen LogP contribution in [0.3, 0.4) is 0 Å². The lowest BCUT2D eigenvalue weighted by Gasteiger charge is -2.06. The maximum absolute atomic E-state index is 11.6. The van der Waals surface area contributed by atoms with Crippen LogP contribution in [-0.4, -0.2) is 41.8 Å². The van der Waals surface area contributed by atoms with Crippen molar-refractivity contribution >= 4 is 39.4 Å². The standard InChI is InChI=1S/C20H29NO7S2/c1-2-3-4-5-6-7-8-19(22)26-13-15-29-30-16-14-27-20(23)28-18-11-9-17(10-12-18)21(24)25/h9-12H,2-8,13-16H2,1H3. The highest BCUT2D eigenvalue weighted by Crippen LogP contribution is 2.21. The third-order valence-corrected chi connectivity index (χ3v) is 6.22. The quantitative estimate of drug-likeness (QED) is 0.0758. The Morgan fingerprint density at radius 1 is 0.933 bits per heavy atom. The van der Waals surface area contributed by atoms with E-state index in [-0.39, 0.29) is 24.0 Å². The summed E-state index contributed by atoms with van der Waals surface area (Å²) in [6.07, 6.45) is 6.47. The molecule has 0 saturated heterocycles. The maximum atomic E-state index is 11.6. The fourth-order valence-corrected chi connectivity index (χ4v) is 4.00. The second-order valence-corrected chi connectivity index (χ2v) is 9.04. The Hall–Kier alpha value is -1.94. The van der Waals surface area contributed by atoms with Crippen molar-refractivity contribution in [1.82, 2.24) is 0 Å². The van der Waals surface area contributed by atoms with Crippen LogP contribution in [0.5, 0.6) is 5.75 Å². The molecule has 0 heterocycles. The Kier molecular flexibility index (Phi) is 14.6. The Balaban J connectivity index is 1.94. The summed E-state index contributed by atoms with van der Waals surface area (Å²) in [7, 11) is 3.04. The van der Waals surface area contributed by atoms with Crippen LogP contribution in [0.4, 0.5) is 10.5 Å². The summed E-state index contributed by atoms with van der Waals surface area (Å²) in [5, 5.41) is 10.6. The maximum Gasteiger partial charge on any atom is 0.513 e. The Morgan fingerprint density at radius 3 is 2.17 bits per heavy atom. The van der Waals surface area contributed by atoms with Crippen molar-refractivity contribution in [3.8, 4) is 5.75 Å². The van der Waals surface area contributed by atoms with Gasteiger partial charge in [-0.3, -0.25) is 14.9 Å². The normalized spacial score (nSPS) is 10.4. The lowest BCUT2D eigenvalue weighted by atomic mass is 10.1. The first-order chi connectivity index (χ1) is 14.5. The molecule has 0 saturated carbocycles. The van der Waals surface area contributed by atoms with Crippen LogP contribution in [0, 0.1) is 10.1 Å². The highest BCUT2D eigenvalue weighted by Gasteiger charge is 2.09. The van der Waals surface area contributed by atoms with Crippen LogP contribution in [0.15, 0.2) is 24.3 Å². The number of hydrogen-bond acceptors (Lipinski definition) is 9. The average molecular weight is 460 g/mol. The molecule has 0 aliphatic carbocycles. The summed E-state index contributed by atoms with van der Waals surface area (Å²) in [4.78, 5) is 33.2. The Morgan fingerprint density at radius 2 is 1.53 bits per heavy atom. The average Bonchev–Trinajstić information content (AvgIpc) is 2.73. The molecule has 1 rings (SSSR count). The van der Waals surface area contributed by atoms with Crippen LogP contribution in [0.25, 0.3) is 0 Å². The molecular formula is C20H29NO7S2. The number of esters is 1. The van der Waals surface area contributed by atoms with E-state index < -0.39 is 11.1 Å². The zero-order chi connectivity index (χ0) is 22.0. The summed E-state index contributed by atoms with van der Waals surface area (Å²) in [5.41, 5.74) is -0.0859. The third-order valence-electron chi connectivity index (χ3n) is 3.88. The van der Waals surface area contributed by atoms with E-state index in [0.29, 0.717) is 24.5 Å². The van der Waals surface area contributed by atoms with Crippen LogP contribution in [0.2, 0.25) is 0 Å². The molecule has 0 amide bonds. The highest BCUT2D eigenvalue weighted by molar-refractivity contribution is 8.76. The highest BCUT2D eigenvalue weighted by atomic mass is 33.1.